The van der Waals surface area contributed by atoms with Gasteiger partial charge in [0.05, 0.1) is 13.2 Å². The molecule has 9 heteroatoms. The predicted molar refractivity (Wildman–Crippen MR) is 118 cm³/mol. The Labute approximate surface area is 177 Å². The molecule has 0 unspecified atom stereocenters. The Hall–Kier alpha value is -2.42. The summed E-state index contributed by atoms with van der Waals surface area (Å²) < 4.78 is 10.2. The molecule has 0 radical (unpaired) electrons. The first-order valence-electron chi connectivity index (χ1n) is 10.4. The molecule has 1 fully saturated rings. The van der Waals surface area contributed by atoms with Gasteiger partial charge in [0, 0.05) is 62.4 Å². The number of nitrogens with one attached hydrogen (secondary N) is 1. The molecule has 158 valence electrons. The minimum absolute atomic E-state index is 0.547. The van der Waals surface area contributed by atoms with Crippen molar-refractivity contribution in [3.05, 3.63) is 29.7 Å². The zero-order valence-electron chi connectivity index (χ0n) is 17.6. The lowest BCUT2D eigenvalue weighted by Gasteiger charge is -2.36. The van der Waals surface area contributed by atoms with Gasteiger partial charge in [-0.3, -0.25) is 0 Å². The van der Waals surface area contributed by atoms with E-state index >= 15 is 0 Å². The van der Waals surface area contributed by atoms with E-state index in [1.54, 1.807) is 6.20 Å². The summed E-state index contributed by atoms with van der Waals surface area (Å²) in [7, 11) is 0. The summed E-state index contributed by atoms with van der Waals surface area (Å²) in [6, 6.07) is 3.96. The fraction of sp³-hybridized carbons (Fsp3) is 0.600. The average molecular weight is 418 g/mol. The first-order chi connectivity index (χ1) is 14.2. The molecule has 0 bridgehead atoms. The molecule has 1 N–H and O–H groups in total. The summed E-state index contributed by atoms with van der Waals surface area (Å²) in [5.74, 6) is 2.55. The number of guanidine groups is 1. The van der Waals surface area contributed by atoms with Crippen LogP contribution < -0.4 is 15.0 Å². The molecular formula is C20H31N7OS. The zero-order chi connectivity index (χ0) is 20.5. The number of pyridine rings is 1. The number of hydrogen-bond acceptors (Lipinski definition) is 7. The summed E-state index contributed by atoms with van der Waals surface area (Å²) >= 11 is 1.50. The molecule has 0 saturated carbocycles. The highest BCUT2D eigenvalue weighted by molar-refractivity contribution is 7.09. The smallest absolute Gasteiger partial charge is 0.218 e. The second-order valence-corrected chi connectivity index (χ2v) is 7.54. The van der Waals surface area contributed by atoms with E-state index < -0.39 is 0 Å². The van der Waals surface area contributed by atoms with Gasteiger partial charge in [0.1, 0.15) is 5.82 Å². The van der Waals surface area contributed by atoms with Crippen molar-refractivity contribution in [2.45, 2.75) is 40.2 Å². The van der Waals surface area contributed by atoms with Crippen molar-refractivity contribution >= 4 is 22.6 Å². The predicted octanol–water partition coefficient (Wildman–Crippen LogP) is 2.57. The zero-order valence-corrected chi connectivity index (χ0v) is 18.4. The Morgan fingerprint density at radius 3 is 2.76 bits per heavy atom. The van der Waals surface area contributed by atoms with Crippen LogP contribution >= 0.6 is 11.5 Å². The van der Waals surface area contributed by atoms with Crippen molar-refractivity contribution < 1.29 is 4.74 Å². The monoisotopic (exact) mass is 417 g/mol. The number of ether oxygens (including phenoxy) is 1. The van der Waals surface area contributed by atoms with Gasteiger partial charge in [-0.2, -0.15) is 4.37 Å². The van der Waals surface area contributed by atoms with Crippen molar-refractivity contribution in [2.24, 2.45) is 4.99 Å². The van der Waals surface area contributed by atoms with E-state index in [-0.39, 0.29) is 0 Å². The number of aromatic nitrogens is 3. The van der Waals surface area contributed by atoms with Crippen LogP contribution in [0.15, 0.2) is 23.3 Å². The van der Waals surface area contributed by atoms with E-state index in [9.17, 15) is 0 Å². The highest BCUT2D eigenvalue weighted by atomic mass is 32.1. The quantitative estimate of drug-likeness (QED) is 0.522. The Kier molecular flexibility index (Phi) is 8.03. The molecule has 0 aromatic carbocycles. The van der Waals surface area contributed by atoms with Crippen LogP contribution in [0.25, 0.3) is 0 Å². The Balaban J connectivity index is 1.63. The summed E-state index contributed by atoms with van der Waals surface area (Å²) in [6.07, 6.45) is 3.60. The largest absolute Gasteiger partial charge is 0.477 e. The third kappa shape index (κ3) is 5.79. The van der Waals surface area contributed by atoms with Gasteiger partial charge in [-0.1, -0.05) is 19.9 Å². The SMILES string of the molecule is CCCOc1ncccc1CN=C(NCC)N1CCN(c2nc(CC)ns2)CC1. The number of piperazine rings is 1. The first kappa shape index (κ1) is 21.3. The van der Waals surface area contributed by atoms with Gasteiger partial charge in [-0.15, -0.1) is 0 Å². The number of rotatable bonds is 8. The van der Waals surface area contributed by atoms with Crippen LogP contribution in [-0.4, -0.2) is 64.5 Å². The molecular weight excluding hydrogens is 386 g/mol. The van der Waals surface area contributed by atoms with E-state index in [0.29, 0.717) is 19.0 Å². The highest BCUT2D eigenvalue weighted by Crippen LogP contribution is 2.20. The number of aliphatic imine (C=N–C) groups is 1. The van der Waals surface area contributed by atoms with Gasteiger partial charge in [-0.05, 0) is 19.4 Å². The van der Waals surface area contributed by atoms with Crippen LogP contribution in [-0.2, 0) is 13.0 Å². The standard InChI is InChI=1S/C20H31N7OS/c1-4-14-28-18-16(8-7-9-22-18)15-23-19(21-6-3)26-10-12-27(13-11-26)20-24-17(5-2)25-29-20/h7-9H,4-6,10-15H2,1-3H3,(H,21,23). The summed E-state index contributed by atoms with van der Waals surface area (Å²) in [5.41, 5.74) is 1.01. The van der Waals surface area contributed by atoms with Gasteiger partial charge < -0.3 is 19.9 Å². The number of nitrogens with zero attached hydrogens (tertiary/aromatic N) is 6. The Morgan fingerprint density at radius 1 is 1.24 bits per heavy atom. The molecule has 0 spiro atoms. The molecule has 3 heterocycles. The van der Waals surface area contributed by atoms with E-state index in [1.165, 1.54) is 11.5 Å². The first-order valence-corrected chi connectivity index (χ1v) is 11.2. The Bertz CT molecular complexity index is 787. The van der Waals surface area contributed by atoms with Gasteiger partial charge in [0.15, 0.2) is 5.96 Å². The maximum absolute atomic E-state index is 5.77. The van der Waals surface area contributed by atoms with E-state index in [0.717, 1.165) is 68.0 Å². The fourth-order valence-corrected chi connectivity index (χ4v) is 3.89. The molecule has 2 aromatic rings. The summed E-state index contributed by atoms with van der Waals surface area (Å²) in [6.45, 7) is 12.0. The lowest BCUT2D eigenvalue weighted by molar-refractivity contribution is 0.302. The average Bonchev–Trinajstić information content (AvgIpc) is 3.25. The van der Waals surface area contributed by atoms with E-state index in [4.69, 9.17) is 9.73 Å². The molecule has 3 rings (SSSR count). The minimum atomic E-state index is 0.547. The normalized spacial score (nSPS) is 14.9. The summed E-state index contributed by atoms with van der Waals surface area (Å²) in [5, 5.41) is 4.45. The minimum Gasteiger partial charge on any atom is -0.477 e. The second-order valence-electron chi connectivity index (χ2n) is 6.81. The molecule has 0 amide bonds. The van der Waals surface area contributed by atoms with Gasteiger partial charge >= 0.3 is 0 Å². The van der Waals surface area contributed by atoms with Crippen LogP contribution in [0.4, 0.5) is 5.13 Å². The molecule has 1 aliphatic rings. The molecule has 0 atom stereocenters. The van der Waals surface area contributed by atoms with Gasteiger partial charge in [-0.25, -0.2) is 15.0 Å². The fourth-order valence-electron chi connectivity index (χ4n) is 3.09. The van der Waals surface area contributed by atoms with Crippen molar-refractivity contribution in [2.75, 3.05) is 44.2 Å². The van der Waals surface area contributed by atoms with Crippen LogP contribution in [0.1, 0.15) is 38.6 Å². The number of aryl methyl sites for hydroxylation is 1. The lowest BCUT2D eigenvalue weighted by atomic mass is 10.2. The third-order valence-corrected chi connectivity index (χ3v) is 5.47. The second kappa shape index (κ2) is 10.9. The maximum Gasteiger partial charge on any atom is 0.218 e. The molecule has 1 aliphatic heterocycles. The summed E-state index contributed by atoms with van der Waals surface area (Å²) in [4.78, 5) is 18.5. The lowest BCUT2D eigenvalue weighted by Crippen LogP contribution is -2.52. The van der Waals surface area contributed by atoms with Gasteiger partial charge in [0.2, 0.25) is 11.0 Å². The number of hydrogen-bond donors (Lipinski definition) is 1. The molecule has 1 saturated heterocycles. The molecule has 29 heavy (non-hydrogen) atoms. The van der Waals surface area contributed by atoms with Crippen LogP contribution in [0.3, 0.4) is 0 Å². The van der Waals surface area contributed by atoms with E-state index in [2.05, 4.69) is 50.2 Å². The van der Waals surface area contributed by atoms with Crippen molar-refractivity contribution in [1.82, 2.24) is 24.6 Å². The van der Waals surface area contributed by atoms with Crippen LogP contribution in [0.2, 0.25) is 0 Å². The van der Waals surface area contributed by atoms with Crippen LogP contribution in [0.5, 0.6) is 5.88 Å². The molecule has 0 aliphatic carbocycles. The van der Waals surface area contributed by atoms with Gasteiger partial charge in [0.25, 0.3) is 0 Å². The van der Waals surface area contributed by atoms with Crippen LogP contribution in [0, 0.1) is 0 Å². The van der Waals surface area contributed by atoms with Crippen molar-refractivity contribution in [3.63, 3.8) is 0 Å². The molecule has 2 aromatic heterocycles. The third-order valence-electron chi connectivity index (χ3n) is 4.65. The number of anilines is 1. The maximum atomic E-state index is 5.77. The van der Waals surface area contributed by atoms with Crippen molar-refractivity contribution in [3.8, 4) is 5.88 Å². The highest BCUT2D eigenvalue weighted by Gasteiger charge is 2.22. The topological polar surface area (TPSA) is 78.8 Å². The van der Waals surface area contributed by atoms with Crippen molar-refractivity contribution in [1.29, 1.82) is 0 Å². The van der Waals surface area contributed by atoms with E-state index in [1.807, 2.05) is 12.1 Å². The molecule has 8 nitrogen and oxygen atoms in total. The Morgan fingerprint density at radius 2 is 2.07 bits per heavy atom.